The van der Waals surface area contributed by atoms with Gasteiger partial charge < -0.3 is 4.90 Å². The van der Waals surface area contributed by atoms with Crippen LogP contribution in [0.25, 0.3) is 0 Å². The summed E-state index contributed by atoms with van der Waals surface area (Å²) in [4.78, 5) is 13.9. The highest BCUT2D eigenvalue weighted by Gasteiger charge is 2.40. The van der Waals surface area contributed by atoms with E-state index >= 15 is 0 Å². The van der Waals surface area contributed by atoms with Crippen LogP contribution in [0.3, 0.4) is 0 Å². The van der Waals surface area contributed by atoms with Gasteiger partial charge >= 0.3 is 0 Å². The number of carbonyl (C=O) groups excluding carboxylic acids is 1. The van der Waals surface area contributed by atoms with Crippen molar-refractivity contribution in [2.75, 3.05) is 4.90 Å². The van der Waals surface area contributed by atoms with E-state index in [0.29, 0.717) is 0 Å². The molecule has 0 bridgehead atoms. The third-order valence-corrected chi connectivity index (χ3v) is 4.15. The van der Waals surface area contributed by atoms with E-state index in [-0.39, 0.29) is 23.2 Å². The first kappa shape index (κ1) is 14.8. The fourth-order valence-corrected chi connectivity index (χ4v) is 3.39. The van der Waals surface area contributed by atoms with Crippen LogP contribution in [0.15, 0.2) is 18.2 Å². The van der Waals surface area contributed by atoms with E-state index in [2.05, 4.69) is 26.2 Å². The van der Waals surface area contributed by atoms with Crippen molar-refractivity contribution in [3.63, 3.8) is 0 Å². The maximum Gasteiger partial charge on any atom is 0.256 e. The summed E-state index contributed by atoms with van der Waals surface area (Å²) < 4.78 is 13.5. The first-order chi connectivity index (χ1) is 9.27. The molecule has 4 nitrogen and oxygen atoms in total. The van der Waals surface area contributed by atoms with Gasteiger partial charge in [0.1, 0.15) is 11.9 Å². The Bertz CT molecular complexity index is 530. The molecule has 3 N–H and O–H groups in total. The number of rotatable bonds is 2. The molecule has 0 unspecified atom stereocenters. The molecule has 1 heterocycles. The standard InChI is InChI=1S/C15H22FN3O/c1-9-8-15(3,4)19(10(2)14(20)18-17)13-6-5-11(16)7-12(9)13/h5-7,9-10H,8,17H2,1-4H3,(H,18,20)/t9-,10+/m0/s1. The van der Waals surface area contributed by atoms with Gasteiger partial charge in [-0.05, 0) is 56.9 Å². The number of amides is 1. The number of carbonyl (C=O) groups is 1. The van der Waals surface area contributed by atoms with Crippen LogP contribution in [-0.4, -0.2) is 17.5 Å². The predicted molar refractivity (Wildman–Crippen MR) is 77.8 cm³/mol. The van der Waals surface area contributed by atoms with E-state index < -0.39 is 6.04 Å². The Morgan fingerprint density at radius 2 is 2.20 bits per heavy atom. The van der Waals surface area contributed by atoms with Gasteiger partial charge in [-0.3, -0.25) is 10.2 Å². The number of halogens is 1. The normalized spacial score (nSPS) is 22.1. The number of nitrogens with zero attached hydrogens (tertiary/aromatic N) is 1. The van der Waals surface area contributed by atoms with Gasteiger partial charge in [-0.2, -0.15) is 0 Å². The Hall–Kier alpha value is -1.62. The van der Waals surface area contributed by atoms with E-state index in [9.17, 15) is 9.18 Å². The zero-order chi connectivity index (χ0) is 15.1. The van der Waals surface area contributed by atoms with Crippen molar-refractivity contribution in [3.8, 4) is 0 Å². The summed E-state index contributed by atoms with van der Waals surface area (Å²) in [6.45, 7) is 8.09. The minimum Gasteiger partial charge on any atom is -0.354 e. The van der Waals surface area contributed by atoms with Crippen LogP contribution in [0, 0.1) is 5.82 Å². The number of nitrogens with one attached hydrogen (secondary N) is 1. The molecular formula is C15H22FN3O. The highest BCUT2D eigenvalue weighted by atomic mass is 19.1. The SMILES string of the molecule is C[C@H](C(=O)NN)N1c2ccc(F)cc2[C@@H](C)CC1(C)C. The molecule has 20 heavy (non-hydrogen) atoms. The van der Waals surface area contributed by atoms with E-state index in [1.807, 2.05) is 11.8 Å². The Morgan fingerprint density at radius 1 is 1.55 bits per heavy atom. The number of hydrazine groups is 1. The average Bonchev–Trinajstić information content (AvgIpc) is 2.37. The number of benzene rings is 1. The minimum atomic E-state index is -0.410. The molecule has 1 aromatic carbocycles. The summed E-state index contributed by atoms with van der Waals surface area (Å²) in [6, 6.07) is 4.34. The van der Waals surface area contributed by atoms with Crippen molar-refractivity contribution < 1.29 is 9.18 Å². The lowest BCUT2D eigenvalue weighted by Gasteiger charge is -2.49. The summed E-state index contributed by atoms with van der Waals surface area (Å²) in [5, 5.41) is 0. The van der Waals surface area contributed by atoms with Crippen molar-refractivity contribution in [1.29, 1.82) is 0 Å². The second-order valence-electron chi connectivity index (χ2n) is 6.18. The van der Waals surface area contributed by atoms with E-state index in [1.165, 1.54) is 6.07 Å². The minimum absolute atomic E-state index is 0.198. The molecule has 2 atom stereocenters. The largest absolute Gasteiger partial charge is 0.354 e. The molecule has 0 aromatic heterocycles. The second-order valence-corrected chi connectivity index (χ2v) is 6.18. The Morgan fingerprint density at radius 3 is 2.80 bits per heavy atom. The molecule has 2 rings (SSSR count). The zero-order valence-corrected chi connectivity index (χ0v) is 12.4. The first-order valence-corrected chi connectivity index (χ1v) is 6.87. The molecule has 0 fully saturated rings. The van der Waals surface area contributed by atoms with Gasteiger partial charge in [0.15, 0.2) is 0 Å². The van der Waals surface area contributed by atoms with Crippen molar-refractivity contribution in [2.24, 2.45) is 5.84 Å². The molecule has 1 aliphatic heterocycles. The fourth-order valence-electron chi connectivity index (χ4n) is 3.39. The molecule has 110 valence electrons. The molecular weight excluding hydrogens is 257 g/mol. The van der Waals surface area contributed by atoms with Gasteiger partial charge in [0.2, 0.25) is 0 Å². The average molecular weight is 279 g/mol. The number of anilines is 1. The highest BCUT2D eigenvalue weighted by Crippen LogP contribution is 2.44. The smallest absolute Gasteiger partial charge is 0.256 e. The number of hydrogen-bond donors (Lipinski definition) is 2. The van der Waals surface area contributed by atoms with Gasteiger partial charge in [0, 0.05) is 11.2 Å². The van der Waals surface area contributed by atoms with Gasteiger partial charge in [0.05, 0.1) is 0 Å². The lowest BCUT2D eigenvalue weighted by Crippen LogP contribution is -2.58. The molecule has 0 radical (unpaired) electrons. The maximum absolute atomic E-state index is 13.5. The zero-order valence-electron chi connectivity index (χ0n) is 12.4. The molecule has 0 spiro atoms. The second kappa shape index (κ2) is 5.05. The monoisotopic (exact) mass is 279 g/mol. The van der Waals surface area contributed by atoms with Crippen LogP contribution >= 0.6 is 0 Å². The summed E-state index contributed by atoms with van der Waals surface area (Å²) in [5.74, 6) is 5.01. The van der Waals surface area contributed by atoms with Crippen LogP contribution < -0.4 is 16.2 Å². The van der Waals surface area contributed by atoms with Crippen molar-refractivity contribution in [3.05, 3.63) is 29.6 Å². The number of nitrogens with two attached hydrogens (primary N) is 1. The van der Waals surface area contributed by atoms with Gasteiger partial charge in [-0.15, -0.1) is 0 Å². The maximum atomic E-state index is 13.5. The van der Waals surface area contributed by atoms with Gasteiger partial charge in [-0.25, -0.2) is 10.2 Å². The van der Waals surface area contributed by atoms with Crippen LogP contribution in [-0.2, 0) is 4.79 Å². The fraction of sp³-hybridized carbons (Fsp3) is 0.533. The van der Waals surface area contributed by atoms with E-state index in [1.54, 1.807) is 12.1 Å². The topological polar surface area (TPSA) is 58.4 Å². The Balaban J connectivity index is 2.54. The quantitative estimate of drug-likeness (QED) is 0.496. The summed E-state index contributed by atoms with van der Waals surface area (Å²) >= 11 is 0. The first-order valence-electron chi connectivity index (χ1n) is 6.87. The van der Waals surface area contributed by atoms with Crippen molar-refractivity contribution >= 4 is 11.6 Å². The van der Waals surface area contributed by atoms with Crippen LogP contribution in [0.2, 0.25) is 0 Å². The molecule has 1 amide bonds. The highest BCUT2D eigenvalue weighted by molar-refractivity contribution is 5.85. The summed E-state index contributed by atoms with van der Waals surface area (Å²) in [6.07, 6.45) is 0.853. The van der Waals surface area contributed by atoms with Crippen LogP contribution in [0.4, 0.5) is 10.1 Å². The van der Waals surface area contributed by atoms with Gasteiger partial charge in [-0.1, -0.05) is 6.92 Å². The molecule has 0 saturated heterocycles. The third-order valence-electron chi connectivity index (χ3n) is 4.15. The number of hydrogen-bond acceptors (Lipinski definition) is 3. The van der Waals surface area contributed by atoms with E-state index in [4.69, 9.17) is 5.84 Å². The van der Waals surface area contributed by atoms with E-state index in [0.717, 1.165) is 17.7 Å². The number of fused-ring (bicyclic) bond motifs is 1. The Labute approximate surface area is 119 Å². The van der Waals surface area contributed by atoms with Gasteiger partial charge in [0.25, 0.3) is 5.91 Å². The third kappa shape index (κ3) is 2.38. The molecule has 1 aromatic rings. The van der Waals surface area contributed by atoms with Crippen molar-refractivity contribution in [2.45, 2.75) is 51.6 Å². The lowest BCUT2D eigenvalue weighted by molar-refractivity contribution is -0.122. The Kier molecular flexibility index (Phi) is 3.73. The van der Waals surface area contributed by atoms with Crippen LogP contribution in [0.1, 0.15) is 45.6 Å². The summed E-state index contributed by atoms with van der Waals surface area (Å²) in [7, 11) is 0. The molecule has 0 aliphatic carbocycles. The molecule has 1 aliphatic rings. The molecule has 5 heteroatoms. The lowest BCUT2D eigenvalue weighted by atomic mass is 9.79. The van der Waals surface area contributed by atoms with Crippen LogP contribution in [0.5, 0.6) is 0 Å². The predicted octanol–water partition coefficient (Wildman–Crippen LogP) is 2.30. The molecule has 0 saturated carbocycles. The summed E-state index contributed by atoms with van der Waals surface area (Å²) in [5.41, 5.74) is 3.85. The van der Waals surface area contributed by atoms with Crippen molar-refractivity contribution in [1.82, 2.24) is 5.43 Å².